The van der Waals surface area contributed by atoms with Crippen molar-refractivity contribution in [3.05, 3.63) is 29.8 Å². The Morgan fingerprint density at radius 2 is 2.38 bits per heavy atom. The first-order chi connectivity index (χ1) is 7.65. The Balaban J connectivity index is 2.15. The van der Waals surface area contributed by atoms with Crippen LogP contribution in [-0.2, 0) is 9.53 Å². The van der Waals surface area contributed by atoms with Crippen molar-refractivity contribution in [2.45, 2.75) is 13.0 Å². The Morgan fingerprint density at radius 1 is 1.56 bits per heavy atom. The van der Waals surface area contributed by atoms with Crippen molar-refractivity contribution in [2.24, 2.45) is 0 Å². The number of ether oxygens (including phenoxy) is 1. The molecule has 5 heteroatoms. The molecular formula is C11H12N2O3. The Morgan fingerprint density at radius 3 is 3.00 bits per heavy atom. The van der Waals surface area contributed by atoms with E-state index in [0.717, 1.165) is 5.56 Å². The van der Waals surface area contributed by atoms with E-state index in [1.54, 1.807) is 12.1 Å². The smallest absolute Gasteiger partial charge is 0.407 e. The second kappa shape index (κ2) is 4.22. The van der Waals surface area contributed by atoms with Crippen molar-refractivity contribution in [3.63, 3.8) is 0 Å². The van der Waals surface area contributed by atoms with Gasteiger partial charge in [-0.2, -0.15) is 0 Å². The molecule has 1 saturated heterocycles. The quantitative estimate of drug-likeness (QED) is 0.792. The van der Waals surface area contributed by atoms with Crippen LogP contribution in [0.2, 0.25) is 0 Å². The van der Waals surface area contributed by atoms with Crippen LogP contribution in [0.1, 0.15) is 18.6 Å². The lowest BCUT2D eigenvalue weighted by Gasteiger charge is -2.09. The fourth-order valence-corrected chi connectivity index (χ4v) is 1.59. The van der Waals surface area contributed by atoms with Crippen LogP contribution in [0.3, 0.4) is 0 Å². The number of anilines is 1. The highest BCUT2D eigenvalue weighted by Gasteiger charge is 2.24. The van der Waals surface area contributed by atoms with Gasteiger partial charge in [0.25, 0.3) is 0 Å². The average Bonchev–Trinajstić information content (AvgIpc) is 2.64. The van der Waals surface area contributed by atoms with Crippen LogP contribution in [-0.4, -0.2) is 18.5 Å². The summed E-state index contributed by atoms with van der Waals surface area (Å²) in [6, 6.07) is 7.25. The molecule has 1 aliphatic rings. The molecule has 0 bridgehead atoms. The number of cyclic esters (lactones) is 1. The Labute approximate surface area is 92.8 Å². The number of hydrogen-bond acceptors (Lipinski definition) is 3. The molecule has 0 aliphatic carbocycles. The van der Waals surface area contributed by atoms with Gasteiger partial charge in [-0.05, 0) is 17.7 Å². The minimum atomic E-state index is -0.407. The van der Waals surface area contributed by atoms with E-state index in [1.165, 1.54) is 6.92 Å². The topological polar surface area (TPSA) is 67.4 Å². The summed E-state index contributed by atoms with van der Waals surface area (Å²) >= 11 is 0. The third-order valence-corrected chi connectivity index (χ3v) is 2.26. The maximum Gasteiger partial charge on any atom is 0.407 e. The third-order valence-electron chi connectivity index (χ3n) is 2.26. The van der Waals surface area contributed by atoms with Gasteiger partial charge >= 0.3 is 6.09 Å². The van der Waals surface area contributed by atoms with Crippen LogP contribution in [0.5, 0.6) is 0 Å². The summed E-state index contributed by atoms with van der Waals surface area (Å²) in [6.07, 6.45) is -0.684. The second-order valence-electron chi connectivity index (χ2n) is 3.58. The lowest BCUT2D eigenvalue weighted by molar-refractivity contribution is -0.114. The molecule has 1 heterocycles. The first-order valence-corrected chi connectivity index (χ1v) is 4.97. The Kier molecular flexibility index (Phi) is 2.76. The van der Waals surface area contributed by atoms with E-state index >= 15 is 0 Å². The number of amides is 2. The van der Waals surface area contributed by atoms with E-state index < -0.39 is 6.09 Å². The highest BCUT2D eigenvalue weighted by Crippen LogP contribution is 2.23. The molecule has 5 nitrogen and oxygen atoms in total. The van der Waals surface area contributed by atoms with Gasteiger partial charge in [0, 0.05) is 12.6 Å². The molecule has 1 aliphatic heterocycles. The monoisotopic (exact) mass is 220 g/mol. The fourth-order valence-electron chi connectivity index (χ4n) is 1.59. The number of rotatable bonds is 2. The third kappa shape index (κ3) is 2.31. The summed E-state index contributed by atoms with van der Waals surface area (Å²) in [4.78, 5) is 21.8. The SMILES string of the molecule is CC(=O)Nc1cccc(C2CNC(=O)O2)c1. The lowest BCUT2D eigenvalue weighted by atomic mass is 10.1. The molecule has 0 saturated carbocycles. The molecular weight excluding hydrogens is 208 g/mol. The zero-order chi connectivity index (χ0) is 11.5. The van der Waals surface area contributed by atoms with Crippen LogP contribution in [0.25, 0.3) is 0 Å². The molecule has 0 aromatic heterocycles. The molecule has 1 atom stereocenters. The minimum Gasteiger partial charge on any atom is -0.439 e. The largest absolute Gasteiger partial charge is 0.439 e. The number of hydrogen-bond donors (Lipinski definition) is 2. The maximum absolute atomic E-state index is 10.9. The van der Waals surface area contributed by atoms with Crippen LogP contribution in [0, 0.1) is 0 Å². The number of alkyl carbamates (subject to hydrolysis) is 1. The van der Waals surface area contributed by atoms with E-state index in [2.05, 4.69) is 10.6 Å². The minimum absolute atomic E-state index is 0.126. The molecule has 2 amide bonds. The summed E-state index contributed by atoms with van der Waals surface area (Å²) in [5.41, 5.74) is 1.57. The predicted octanol–water partition coefficient (Wildman–Crippen LogP) is 1.43. The summed E-state index contributed by atoms with van der Waals surface area (Å²) in [6.45, 7) is 1.91. The summed E-state index contributed by atoms with van der Waals surface area (Å²) in [5, 5.41) is 5.26. The highest BCUT2D eigenvalue weighted by atomic mass is 16.6. The zero-order valence-electron chi connectivity index (χ0n) is 8.82. The Hall–Kier alpha value is -2.04. The van der Waals surface area contributed by atoms with Gasteiger partial charge in [-0.25, -0.2) is 4.79 Å². The van der Waals surface area contributed by atoms with E-state index in [-0.39, 0.29) is 12.0 Å². The lowest BCUT2D eigenvalue weighted by Crippen LogP contribution is -2.12. The number of benzene rings is 1. The second-order valence-corrected chi connectivity index (χ2v) is 3.58. The molecule has 16 heavy (non-hydrogen) atoms. The van der Waals surface area contributed by atoms with Crippen LogP contribution in [0.4, 0.5) is 10.5 Å². The summed E-state index contributed by atoms with van der Waals surface area (Å²) < 4.78 is 5.04. The Bertz CT molecular complexity index is 431. The van der Waals surface area contributed by atoms with Crippen molar-refractivity contribution in [1.29, 1.82) is 0 Å². The van der Waals surface area contributed by atoms with Crippen LogP contribution < -0.4 is 10.6 Å². The first kappa shape index (κ1) is 10.5. The molecule has 2 N–H and O–H groups in total. The van der Waals surface area contributed by atoms with Gasteiger partial charge in [-0.3, -0.25) is 4.79 Å². The van der Waals surface area contributed by atoms with E-state index in [9.17, 15) is 9.59 Å². The summed E-state index contributed by atoms with van der Waals surface area (Å²) in [7, 11) is 0. The van der Waals surface area contributed by atoms with Crippen molar-refractivity contribution < 1.29 is 14.3 Å². The average molecular weight is 220 g/mol. The fraction of sp³-hybridized carbons (Fsp3) is 0.273. The normalized spacial score (nSPS) is 18.8. The number of carbonyl (C=O) groups excluding carboxylic acids is 2. The molecule has 2 rings (SSSR count). The molecule has 1 fully saturated rings. The van der Waals surface area contributed by atoms with E-state index in [1.807, 2.05) is 12.1 Å². The highest BCUT2D eigenvalue weighted by molar-refractivity contribution is 5.88. The van der Waals surface area contributed by atoms with Gasteiger partial charge in [0.05, 0.1) is 6.54 Å². The van der Waals surface area contributed by atoms with Crippen molar-refractivity contribution in [3.8, 4) is 0 Å². The molecule has 0 radical (unpaired) electrons. The van der Waals surface area contributed by atoms with Gasteiger partial charge in [-0.15, -0.1) is 0 Å². The maximum atomic E-state index is 10.9. The van der Waals surface area contributed by atoms with E-state index in [4.69, 9.17) is 4.74 Å². The number of nitrogens with one attached hydrogen (secondary N) is 2. The number of carbonyl (C=O) groups is 2. The first-order valence-electron chi connectivity index (χ1n) is 4.97. The predicted molar refractivity (Wildman–Crippen MR) is 58.0 cm³/mol. The van der Waals surface area contributed by atoms with Crippen molar-refractivity contribution in [2.75, 3.05) is 11.9 Å². The van der Waals surface area contributed by atoms with Crippen molar-refractivity contribution >= 4 is 17.7 Å². The molecule has 0 spiro atoms. The van der Waals surface area contributed by atoms with Gasteiger partial charge < -0.3 is 15.4 Å². The van der Waals surface area contributed by atoms with Crippen molar-refractivity contribution in [1.82, 2.24) is 5.32 Å². The zero-order valence-corrected chi connectivity index (χ0v) is 8.82. The van der Waals surface area contributed by atoms with Gasteiger partial charge in [0.2, 0.25) is 5.91 Å². The molecule has 84 valence electrons. The standard InChI is InChI=1S/C11H12N2O3/c1-7(14)13-9-4-2-3-8(5-9)10-6-12-11(15)16-10/h2-5,10H,6H2,1H3,(H,12,15)(H,13,14). The van der Waals surface area contributed by atoms with Crippen LogP contribution >= 0.6 is 0 Å². The molecule has 1 aromatic rings. The van der Waals surface area contributed by atoms with Gasteiger partial charge in [0.1, 0.15) is 6.10 Å². The molecule has 1 aromatic carbocycles. The van der Waals surface area contributed by atoms with E-state index in [0.29, 0.717) is 12.2 Å². The molecule has 1 unspecified atom stereocenters. The summed E-state index contributed by atoms with van der Waals surface area (Å²) in [5.74, 6) is -0.126. The van der Waals surface area contributed by atoms with Crippen LogP contribution in [0.15, 0.2) is 24.3 Å². The van der Waals surface area contributed by atoms with Gasteiger partial charge in [-0.1, -0.05) is 12.1 Å². The van der Waals surface area contributed by atoms with Gasteiger partial charge in [0.15, 0.2) is 0 Å².